The first kappa shape index (κ1) is 16.3. The molecule has 1 aliphatic rings. The highest BCUT2D eigenvalue weighted by atomic mass is 16.5. The van der Waals surface area contributed by atoms with Gasteiger partial charge < -0.3 is 19.5 Å². The summed E-state index contributed by atoms with van der Waals surface area (Å²) in [5.41, 5.74) is 0.877. The molecule has 0 aromatic carbocycles. The molecule has 1 fully saturated rings. The van der Waals surface area contributed by atoms with Gasteiger partial charge in [0.2, 0.25) is 0 Å². The summed E-state index contributed by atoms with van der Waals surface area (Å²) in [5.74, 6) is 0.271. The summed E-state index contributed by atoms with van der Waals surface area (Å²) in [6.07, 6.45) is 2.52. The van der Waals surface area contributed by atoms with Gasteiger partial charge in [0.15, 0.2) is 5.76 Å². The molecule has 0 unspecified atom stereocenters. The second-order valence-electron chi connectivity index (χ2n) is 5.35. The lowest BCUT2D eigenvalue weighted by molar-refractivity contribution is -0.144. The van der Waals surface area contributed by atoms with E-state index in [1.54, 1.807) is 18.7 Å². The van der Waals surface area contributed by atoms with E-state index in [0.29, 0.717) is 18.9 Å². The number of aryl methyl sites for hydroxylation is 1. The van der Waals surface area contributed by atoms with E-state index in [9.17, 15) is 9.59 Å². The highest BCUT2D eigenvalue weighted by molar-refractivity contribution is 5.83. The molecule has 0 aliphatic carbocycles. The zero-order chi connectivity index (χ0) is 16.1. The molecule has 2 heterocycles. The van der Waals surface area contributed by atoms with Crippen LogP contribution in [0, 0.1) is 0 Å². The topological polar surface area (TPSA) is 84.7 Å². The highest BCUT2D eigenvalue weighted by Crippen LogP contribution is 2.32. The average molecular weight is 309 g/mol. The number of nitrogens with zero attached hydrogens (tertiary/aromatic N) is 2. The molecule has 1 aliphatic heterocycles. The minimum Gasteiger partial charge on any atom is -0.464 e. The normalized spacial score (nSPS) is 19.0. The zero-order valence-corrected chi connectivity index (χ0v) is 13.3. The predicted octanol–water partition coefficient (Wildman–Crippen LogP) is 2.04. The van der Waals surface area contributed by atoms with E-state index >= 15 is 0 Å². The monoisotopic (exact) mass is 309 g/mol. The van der Waals surface area contributed by atoms with E-state index in [1.165, 1.54) is 0 Å². The van der Waals surface area contributed by atoms with Crippen LogP contribution in [0.1, 0.15) is 51.1 Å². The standard InChI is InChI=1S/C15H23N3O4/c1-4-11-9-13(22-17-11)12-7-6-8-18(12)15(20)16-10(3)14(19)21-5-2/h9-10,12H,4-8H2,1-3H3,(H,16,20)/t10-,12+/m1/s1. The Morgan fingerprint density at radius 3 is 2.95 bits per heavy atom. The number of rotatable bonds is 5. The van der Waals surface area contributed by atoms with Crippen molar-refractivity contribution in [2.45, 2.75) is 52.1 Å². The number of amides is 2. The number of likely N-dealkylation sites (tertiary alicyclic amines) is 1. The van der Waals surface area contributed by atoms with Crippen molar-refractivity contribution in [2.24, 2.45) is 0 Å². The minimum absolute atomic E-state index is 0.123. The van der Waals surface area contributed by atoms with Crippen molar-refractivity contribution in [1.82, 2.24) is 15.4 Å². The molecule has 7 heteroatoms. The number of hydrogen-bond donors (Lipinski definition) is 1. The number of hydrogen-bond acceptors (Lipinski definition) is 5. The van der Waals surface area contributed by atoms with Crippen molar-refractivity contribution in [2.75, 3.05) is 13.2 Å². The molecule has 0 spiro atoms. The molecule has 1 aromatic heterocycles. The van der Waals surface area contributed by atoms with Crippen LogP contribution in [-0.2, 0) is 16.0 Å². The van der Waals surface area contributed by atoms with Gasteiger partial charge in [-0.15, -0.1) is 0 Å². The van der Waals surface area contributed by atoms with Crippen LogP contribution in [0.3, 0.4) is 0 Å². The molecule has 122 valence electrons. The number of aromatic nitrogens is 1. The smallest absolute Gasteiger partial charge is 0.328 e. The third-order valence-corrected chi connectivity index (χ3v) is 3.76. The maximum Gasteiger partial charge on any atom is 0.328 e. The van der Waals surface area contributed by atoms with Gasteiger partial charge in [0.1, 0.15) is 6.04 Å². The quantitative estimate of drug-likeness (QED) is 0.841. The largest absolute Gasteiger partial charge is 0.464 e. The first-order valence-electron chi connectivity index (χ1n) is 7.76. The number of carbonyl (C=O) groups is 2. The van der Waals surface area contributed by atoms with Gasteiger partial charge in [-0.1, -0.05) is 12.1 Å². The zero-order valence-electron chi connectivity index (χ0n) is 13.3. The van der Waals surface area contributed by atoms with Gasteiger partial charge >= 0.3 is 12.0 Å². The Bertz CT molecular complexity index is 529. The molecule has 2 amide bonds. The number of carbonyl (C=O) groups excluding carboxylic acids is 2. The van der Waals surface area contributed by atoms with Crippen LogP contribution in [0.15, 0.2) is 10.6 Å². The van der Waals surface area contributed by atoms with E-state index in [4.69, 9.17) is 9.26 Å². The fraction of sp³-hybridized carbons (Fsp3) is 0.667. The fourth-order valence-electron chi connectivity index (χ4n) is 2.55. The van der Waals surface area contributed by atoms with Crippen molar-refractivity contribution < 1.29 is 18.8 Å². The highest BCUT2D eigenvalue weighted by Gasteiger charge is 2.34. The van der Waals surface area contributed by atoms with Gasteiger partial charge in [-0.25, -0.2) is 9.59 Å². The van der Waals surface area contributed by atoms with E-state index in [-0.39, 0.29) is 12.1 Å². The number of nitrogens with one attached hydrogen (secondary N) is 1. The molecule has 0 bridgehead atoms. The summed E-state index contributed by atoms with van der Waals surface area (Å²) in [4.78, 5) is 25.7. The molecule has 0 radical (unpaired) electrons. The summed E-state index contributed by atoms with van der Waals surface area (Å²) < 4.78 is 10.2. The van der Waals surface area contributed by atoms with E-state index in [1.807, 2.05) is 13.0 Å². The van der Waals surface area contributed by atoms with Crippen LogP contribution in [0.25, 0.3) is 0 Å². The van der Waals surface area contributed by atoms with Gasteiger partial charge in [-0.3, -0.25) is 0 Å². The Labute approximate surface area is 130 Å². The summed E-state index contributed by atoms with van der Waals surface area (Å²) in [6, 6.07) is 0.819. The SMILES string of the molecule is CCOC(=O)[C@@H](C)NC(=O)N1CCC[C@H]1c1cc(CC)no1. The number of esters is 1. The molecule has 0 saturated carbocycles. The van der Waals surface area contributed by atoms with Gasteiger partial charge in [0.25, 0.3) is 0 Å². The van der Waals surface area contributed by atoms with Crippen molar-refractivity contribution >= 4 is 12.0 Å². The minimum atomic E-state index is -0.672. The summed E-state index contributed by atoms with van der Waals surface area (Å²) in [6.45, 7) is 6.28. The van der Waals surface area contributed by atoms with Crippen LogP contribution < -0.4 is 5.32 Å². The average Bonchev–Trinajstić information content (AvgIpc) is 3.15. The van der Waals surface area contributed by atoms with Crippen molar-refractivity contribution in [3.8, 4) is 0 Å². The van der Waals surface area contributed by atoms with Gasteiger partial charge in [-0.2, -0.15) is 0 Å². The second kappa shape index (κ2) is 7.29. The molecule has 2 rings (SSSR count). The molecule has 1 N–H and O–H groups in total. The Balaban J connectivity index is 2.00. The first-order chi connectivity index (χ1) is 10.6. The predicted molar refractivity (Wildman–Crippen MR) is 79.2 cm³/mol. The Morgan fingerprint density at radius 2 is 2.32 bits per heavy atom. The lowest BCUT2D eigenvalue weighted by Gasteiger charge is -2.24. The maximum absolute atomic E-state index is 12.4. The summed E-state index contributed by atoms with van der Waals surface area (Å²) in [5, 5.41) is 6.66. The Kier molecular flexibility index (Phi) is 5.41. The van der Waals surface area contributed by atoms with E-state index < -0.39 is 12.0 Å². The fourth-order valence-corrected chi connectivity index (χ4v) is 2.55. The maximum atomic E-state index is 12.4. The molecule has 2 atom stereocenters. The molecule has 1 saturated heterocycles. The van der Waals surface area contributed by atoms with E-state index in [0.717, 1.165) is 25.0 Å². The van der Waals surface area contributed by atoms with Crippen molar-refractivity contribution in [1.29, 1.82) is 0 Å². The van der Waals surface area contributed by atoms with Crippen molar-refractivity contribution in [3.05, 3.63) is 17.5 Å². The van der Waals surface area contributed by atoms with E-state index in [2.05, 4.69) is 10.5 Å². The summed E-state index contributed by atoms with van der Waals surface area (Å²) in [7, 11) is 0. The molecule has 22 heavy (non-hydrogen) atoms. The van der Waals surface area contributed by atoms with Gasteiger partial charge in [0.05, 0.1) is 18.3 Å². The molecule has 7 nitrogen and oxygen atoms in total. The lowest BCUT2D eigenvalue weighted by atomic mass is 10.1. The second-order valence-corrected chi connectivity index (χ2v) is 5.35. The summed E-state index contributed by atoms with van der Waals surface area (Å²) >= 11 is 0. The van der Waals surface area contributed by atoms with Gasteiger partial charge in [-0.05, 0) is 33.1 Å². The van der Waals surface area contributed by atoms with Crippen molar-refractivity contribution in [3.63, 3.8) is 0 Å². The van der Waals surface area contributed by atoms with Crippen LogP contribution in [0.4, 0.5) is 4.79 Å². The van der Waals surface area contributed by atoms with Crippen LogP contribution in [0.2, 0.25) is 0 Å². The number of ether oxygens (including phenoxy) is 1. The van der Waals surface area contributed by atoms with Crippen LogP contribution >= 0.6 is 0 Å². The first-order valence-corrected chi connectivity index (χ1v) is 7.76. The van der Waals surface area contributed by atoms with Crippen LogP contribution in [0.5, 0.6) is 0 Å². The Hall–Kier alpha value is -2.05. The molecular weight excluding hydrogens is 286 g/mol. The molecular formula is C15H23N3O4. The Morgan fingerprint density at radius 1 is 1.55 bits per heavy atom. The lowest BCUT2D eigenvalue weighted by Crippen LogP contribution is -2.46. The third-order valence-electron chi connectivity index (χ3n) is 3.76. The molecule has 1 aromatic rings. The number of urea groups is 1. The third kappa shape index (κ3) is 3.58. The van der Waals surface area contributed by atoms with Gasteiger partial charge in [0, 0.05) is 12.6 Å². The van der Waals surface area contributed by atoms with Crippen LogP contribution in [-0.4, -0.2) is 41.3 Å².